The molecule has 4 rings (SSSR count). The summed E-state index contributed by atoms with van der Waals surface area (Å²) in [6.45, 7) is 3.48. The van der Waals surface area contributed by atoms with Crippen LogP contribution in [0.4, 0.5) is 4.79 Å². The van der Waals surface area contributed by atoms with E-state index in [2.05, 4.69) is 20.6 Å². The van der Waals surface area contributed by atoms with Crippen LogP contribution in [0.2, 0.25) is 0 Å². The Bertz CT molecular complexity index is 879. The number of nitrogens with zero attached hydrogens (tertiary/aromatic N) is 4. The number of aromatic nitrogens is 3. The Labute approximate surface area is 144 Å². The molecule has 2 aromatic heterocycles. The zero-order chi connectivity index (χ0) is 17.2. The van der Waals surface area contributed by atoms with Gasteiger partial charge in [0.1, 0.15) is 5.69 Å². The molecule has 0 bridgehead atoms. The first-order valence-corrected chi connectivity index (χ1v) is 8.37. The van der Waals surface area contributed by atoms with Gasteiger partial charge in [0.05, 0.1) is 6.54 Å². The second-order valence-corrected chi connectivity index (χ2v) is 6.23. The summed E-state index contributed by atoms with van der Waals surface area (Å²) >= 11 is 0. The second-order valence-electron chi connectivity index (χ2n) is 6.23. The number of carbonyl (C=O) groups excluding carboxylic acids is 1. The Kier molecular flexibility index (Phi) is 4.09. The number of likely N-dealkylation sites (tertiary alicyclic amines) is 1. The maximum absolute atomic E-state index is 12.4. The molecule has 0 saturated carbocycles. The number of rotatable bonds is 3. The highest BCUT2D eigenvalue weighted by atomic mass is 16.5. The fourth-order valence-electron chi connectivity index (χ4n) is 3.15. The molecular formula is C17H19N5O3. The molecule has 0 spiro atoms. The normalized spacial score (nSPS) is 15.6. The van der Waals surface area contributed by atoms with E-state index in [1.807, 2.05) is 36.1 Å². The van der Waals surface area contributed by atoms with Crippen molar-refractivity contribution >= 4 is 17.0 Å². The molecule has 1 aromatic carbocycles. The molecular weight excluding hydrogens is 322 g/mol. The maximum Gasteiger partial charge on any atom is 0.317 e. The fourth-order valence-corrected chi connectivity index (χ4v) is 3.15. The van der Waals surface area contributed by atoms with Gasteiger partial charge in [-0.1, -0.05) is 22.4 Å². The van der Waals surface area contributed by atoms with E-state index in [0.29, 0.717) is 31.3 Å². The molecule has 0 unspecified atom stereocenters. The lowest BCUT2D eigenvalue weighted by Crippen LogP contribution is -2.43. The predicted molar refractivity (Wildman–Crippen MR) is 88.8 cm³/mol. The topological polar surface area (TPSA) is 97.3 Å². The third kappa shape index (κ3) is 3.19. The predicted octanol–water partition coefficient (Wildman–Crippen LogP) is 2.61. The van der Waals surface area contributed by atoms with Crippen molar-refractivity contribution < 1.29 is 13.8 Å². The standard InChI is InChI=1S/C17H19N5O3/c1-11-19-16(25-20-11)12-6-8-22(9-7-12)17(23)18-10-14-13-4-2-3-5-15(13)24-21-14/h2-5,12H,6-10H2,1H3,(H,18,23). The lowest BCUT2D eigenvalue weighted by Gasteiger charge is -2.30. The van der Waals surface area contributed by atoms with E-state index < -0.39 is 0 Å². The second kappa shape index (κ2) is 6.54. The molecule has 1 aliphatic rings. The summed E-state index contributed by atoms with van der Waals surface area (Å²) in [5, 5.41) is 11.7. The molecule has 1 aliphatic heterocycles. The summed E-state index contributed by atoms with van der Waals surface area (Å²) in [5.41, 5.74) is 1.46. The Morgan fingerprint density at radius 1 is 1.24 bits per heavy atom. The van der Waals surface area contributed by atoms with Gasteiger partial charge in [0.15, 0.2) is 11.4 Å². The minimum atomic E-state index is -0.0905. The highest BCUT2D eigenvalue weighted by Gasteiger charge is 2.27. The van der Waals surface area contributed by atoms with Crippen molar-refractivity contribution in [3.8, 4) is 0 Å². The summed E-state index contributed by atoms with van der Waals surface area (Å²) < 4.78 is 10.5. The lowest BCUT2D eigenvalue weighted by molar-refractivity contribution is 0.174. The summed E-state index contributed by atoms with van der Waals surface area (Å²) in [4.78, 5) is 18.5. The number of nitrogens with one attached hydrogen (secondary N) is 1. The maximum atomic E-state index is 12.4. The van der Waals surface area contributed by atoms with Crippen LogP contribution in [0.3, 0.4) is 0 Å². The van der Waals surface area contributed by atoms with E-state index in [9.17, 15) is 4.79 Å². The highest BCUT2D eigenvalue weighted by molar-refractivity contribution is 5.80. The van der Waals surface area contributed by atoms with Crippen molar-refractivity contribution in [2.75, 3.05) is 13.1 Å². The molecule has 1 N–H and O–H groups in total. The van der Waals surface area contributed by atoms with Gasteiger partial charge in [0.2, 0.25) is 5.89 Å². The third-order valence-corrected chi connectivity index (χ3v) is 4.53. The van der Waals surface area contributed by atoms with Crippen molar-refractivity contribution in [3.63, 3.8) is 0 Å². The molecule has 1 saturated heterocycles. The summed E-state index contributed by atoms with van der Waals surface area (Å²) in [6.07, 6.45) is 1.64. The van der Waals surface area contributed by atoms with E-state index in [-0.39, 0.29) is 11.9 Å². The number of amides is 2. The Morgan fingerprint density at radius 3 is 2.80 bits per heavy atom. The first kappa shape index (κ1) is 15.6. The number of benzene rings is 1. The van der Waals surface area contributed by atoms with Gasteiger partial charge in [-0.05, 0) is 31.9 Å². The number of para-hydroxylation sites is 1. The first-order chi connectivity index (χ1) is 12.2. The van der Waals surface area contributed by atoms with E-state index in [4.69, 9.17) is 9.05 Å². The quantitative estimate of drug-likeness (QED) is 0.786. The molecule has 8 nitrogen and oxygen atoms in total. The average Bonchev–Trinajstić information content (AvgIpc) is 3.26. The van der Waals surface area contributed by atoms with Gasteiger partial charge in [0, 0.05) is 24.4 Å². The number of carbonyl (C=O) groups is 1. The zero-order valence-electron chi connectivity index (χ0n) is 13.9. The van der Waals surface area contributed by atoms with Crippen molar-refractivity contribution in [1.82, 2.24) is 25.5 Å². The van der Waals surface area contributed by atoms with Crippen LogP contribution >= 0.6 is 0 Å². The molecule has 2 amide bonds. The molecule has 0 radical (unpaired) electrons. The summed E-state index contributed by atoms with van der Waals surface area (Å²) in [5.74, 6) is 1.55. The smallest absolute Gasteiger partial charge is 0.317 e. The number of aryl methyl sites for hydroxylation is 1. The van der Waals surface area contributed by atoms with Gasteiger partial charge in [-0.2, -0.15) is 4.98 Å². The summed E-state index contributed by atoms with van der Waals surface area (Å²) in [7, 11) is 0. The molecule has 8 heteroatoms. The van der Waals surface area contributed by atoms with Gasteiger partial charge in [-0.15, -0.1) is 0 Å². The van der Waals surface area contributed by atoms with Crippen LogP contribution in [0.15, 0.2) is 33.3 Å². The molecule has 3 aromatic rings. The minimum Gasteiger partial charge on any atom is -0.356 e. The van der Waals surface area contributed by atoms with Crippen molar-refractivity contribution in [1.29, 1.82) is 0 Å². The molecule has 1 fully saturated rings. The van der Waals surface area contributed by atoms with Crippen LogP contribution in [-0.2, 0) is 6.54 Å². The molecule has 3 heterocycles. The lowest BCUT2D eigenvalue weighted by atomic mass is 9.97. The fraction of sp³-hybridized carbons (Fsp3) is 0.412. The monoisotopic (exact) mass is 341 g/mol. The third-order valence-electron chi connectivity index (χ3n) is 4.53. The van der Waals surface area contributed by atoms with Crippen LogP contribution in [0, 0.1) is 6.92 Å². The van der Waals surface area contributed by atoms with E-state index in [1.165, 1.54) is 0 Å². The number of fused-ring (bicyclic) bond motifs is 1. The average molecular weight is 341 g/mol. The number of piperidine rings is 1. The number of hydrogen-bond acceptors (Lipinski definition) is 6. The zero-order valence-corrected chi connectivity index (χ0v) is 13.9. The van der Waals surface area contributed by atoms with E-state index in [1.54, 1.807) is 0 Å². The van der Waals surface area contributed by atoms with Crippen molar-refractivity contribution in [2.45, 2.75) is 32.2 Å². The van der Waals surface area contributed by atoms with Crippen molar-refractivity contribution in [2.24, 2.45) is 0 Å². The molecule has 0 atom stereocenters. The minimum absolute atomic E-state index is 0.0905. The van der Waals surface area contributed by atoms with Crippen molar-refractivity contribution in [3.05, 3.63) is 41.7 Å². The molecule has 25 heavy (non-hydrogen) atoms. The van der Waals surface area contributed by atoms with Crippen LogP contribution in [0.1, 0.15) is 36.2 Å². The molecule has 130 valence electrons. The highest BCUT2D eigenvalue weighted by Crippen LogP contribution is 2.26. The van der Waals surface area contributed by atoms with E-state index >= 15 is 0 Å². The van der Waals surface area contributed by atoms with Gasteiger partial charge in [-0.3, -0.25) is 0 Å². The Hall–Kier alpha value is -2.90. The SMILES string of the molecule is Cc1noc(C2CCN(C(=O)NCc3noc4ccccc34)CC2)n1. The van der Waals surface area contributed by atoms with Crippen LogP contribution < -0.4 is 5.32 Å². The van der Waals surface area contributed by atoms with Crippen LogP contribution in [0.5, 0.6) is 0 Å². The first-order valence-electron chi connectivity index (χ1n) is 8.37. The van der Waals surface area contributed by atoms with Gasteiger partial charge in [-0.25, -0.2) is 4.79 Å². The number of hydrogen-bond donors (Lipinski definition) is 1. The van der Waals surface area contributed by atoms with E-state index in [0.717, 1.165) is 29.5 Å². The van der Waals surface area contributed by atoms with Crippen LogP contribution in [-0.4, -0.2) is 39.3 Å². The van der Waals surface area contributed by atoms with Gasteiger partial charge in [0.25, 0.3) is 0 Å². The largest absolute Gasteiger partial charge is 0.356 e. The van der Waals surface area contributed by atoms with Gasteiger partial charge < -0.3 is 19.3 Å². The number of urea groups is 1. The Morgan fingerprint density at radius 2 is 2.04 bits per heavy atom. The Balaban J connectivity index is 1.32. The van der Waals surface area contributed by atoms with Crippen LogP contribution in [0.25, 0.3) is 11.0 Å². The summed E-state index contributed by atoms with van der Waals surface area (Å²) in [6, 6.07) is 7.52. The molecule has 0 aliphatic carbocycles. The van der Waals surface area contributed by atoms with Gasteiger partial charge >= 0.3 is 6.03 Å².